The fraction of sp³-hybridized carbons (Fsp3) is 0.737. The van der Waals surface area contributed by atoms with Crippen molar-refractivity contribution < 1.29 is 5.11 Å². The second-order valence-corrected chi connectivity index (χ2v) is 8.24. The molecule has 23 heavy (non-hydrogen) atoms. The molecule has 0 aromatic carbocycles. The Balaban J connectivity index is 1.52. The van der Waals surface area contributed by atoms with E-state index in [1.807, 2.05) is 12.4 Å². The van der Waals surface area contributed by atoms with E-state index in [1.165, 1.54) is 5.69 Å². The molecule has 1 aromatic rings. The Bertz CT molecular complexity index is 495. The first-order valence-corrected chi connectivity index (χ1v) is 9.00. The minimum atomic E-state index is -0.484. The van der Waals surface area contributed by atoms with Gasteiger partial charge in [0.25, 0.3) is 0 Å². The first-order chi connectivity index (χ1) is 10.9. The van der Waals surface area contributed by atoms with Crippen molar-refractivity contribution in [3.05, 3.63) is 24.5 Å². The summed E-state index contributed by atoms with van der Waals surface area (Å²) in [5.41, 5.74) is 0.783. The number of rotatable bonds is 2. The van der Waals surface area contributed by atoms with Gasteiger partial charge >= 0.3 is 0 Å². The summed E-state index contributed by atoms with van der Waals surface area (Å²) in [4.78, 5) is 9.19. The first-order valence-electron chi connectivity index (χ1n) is 9.00. The predicted octanol–water partition coefficient (Wildman–Crippen LogP) is 2.92. The molecular formula is C19H31N3O. The minimum absolute atomic E-state index is 0.0159. The SMILES string of the molecule is CC(C)(C)C1(O)CCC(N2CCN(c3ccncc3)CC2)CC1. The summed E-state index contributed by atoms with van der Waals surface area (Å²) < 4.78 is 0. The Labute approximate surface area is 140 Å². The van der Waals surface area contributed by atoms with Crippen LogP contribution in [0.2, 0.25) is 0 Å². The molecule has 1 aromatic heterocycles. The molecule has 0 spiro atoms. The van der Waals surface area contributed by atoms with Crippen molar-refractivity contribution in [3.63, 3.8) is 0 Å². The summed E-state index contributed by atoms with van der Waals surface area (Å²) in [5.74, 6) is 0. The largest absolute Gasteiger partial charge is 0.389 e. The van der Waals surface area contributed by atoms with Crippen LogP contribution in [0, 0.1) is 5.41 Å². The van der Waals surface area contributed by atoms with Crippen LogP contribution in [0.5, 0.6) is 0 Å². The van der Waals surface area contributed by atoms with E-state index in [-0.39, 0.29) is 5.41 Å². The number of hydrogen-bond acceptors (Lipinski definition) is 4. The Hall–Kier alpha value is -1.13. The molecule has 4 heteroatoms. The van der Waals surface area contributed by atoms with Crippen molar-refractivity contribution in [3.8, 4) is 0 Å². The van der Waals surface area contributed by atoms with Gasteiger partial charge in [-0.3, -0.25) is 9.88 Å². The lowest BCUT2D eigenvalue weighted by Crippen LogP contribution is -2.54. The van der Waals surface area contributed by atoms with Crippen molar-refractivity contribution in [1.29, 1.82) is 0 Å². The van der Waals surface area contributed by atoms with E-state index in [0.29, 0.717) is 6.04 Å². The van der Waals surface area contributed by atoms with Gasteiger partial charge in [-0.05, 0) is 43.2 Å². The maximum atomic E-state index is 10.9. The zero-order valence-electron chi connectivity index (χ0n) is 14.8. The molecule has 1 N–H and O–H groups in total. The fourth-order valence-corrected chi connectivity index (χ4v) is 4.10. The van der Waals surface area contributed by atoms with E-state index in [1.54, 1.807) is 0 Å². The van der Waals surface area contributed by atoms with Crippen LogP contribution in [-0.4, -0.2) is 52.8 Å². The van der Waals surface area contributed by atoms with Crippen molar-refractivity contribution in [2.45, 2.75) is 58.1 Å². The van der Waals surface area contributed by atoms with Crippen LogP contribution in [0.4, 0.5) is 5.69 Å². The highest BCUT2D eigenvalue weighted by atomic mass is 16.3. The van der Waals surface area contributed by atoms with Crippen LogP contribution in [0.1, 0.15) is 46.5 Å². The maximum absolute atomic E-state index is 10.9. The zero-order chi connectivity index (χ0) is 16.5. The molecular weight excluding hydrogens is 286 g/mol. The van der Waals surface area contributed by atoms with E-state index < -0.39 is 5.60 Å². The van der Waals surface area contributed by atoms with Gasteiger partial charge in [0, 0.05) is 50.3 Å². The molecule has 1 saturated carbocycles. The molecule has 1 saturated heterocycles. The summed E-state index contributed by atoms with van der Waals surface area (Å²) in [5, 5.41) is 10.9. The third-order valence-electron chi connectivity index (χ3n) is 6.04. The number of anilines is 1. The number of piperazine rings is 1. The Kier molecular flexibility index (Phi) is 4.65. The van der Waals surface area contributed by atoms with Crippen LogP contribution in [0.25, 0.3) is 0 Å². The lowest BCUT2D eigenvalue weighted by atomic mass is 9.67. The van der Waals surface area contributed by atoms with E-state index in [4.69, 9.17) is 0 Å². The molecule has 0 atom stereocenters. The molecule has 0 unspecified atom stereocenters. The lowest BCUT2D eigenvalue weighted by Gasteiger charge is -2.48. The fourth-order valence-electron chi connectivity index (χ4n) is 4.10. The molecule has 4 nitrogen and oxygen atoms in total. The van der Waals surface area contributed by atoms with Crippen LogP contribution < -0.4 is 4.90 Å². The van der Waals surface area contributed by atoms with Gasteiger partial charge in [-0.15, -0.1) is 0 Å². The number of pyridine rings is 1. The normalized spacial score (nSPS) is 30.4. The van der Waals surface area contributed by atoms with E-state index in [2.05, 4.69) is 47.7 Å². The minimum Gasteiger partial charge on any atom is -0.389 e. The van der Waals surface area contributed by atoms with Gasteiger partial charge in [0.1, 0.15) is 0 Å². The Morgan fingerprint density at radius 3 is 2.13 bits per heavy atom. The van der Waals surface area contributed by atoms with Gasteiger partial charge < -0.3 is 10.0 Å². The Morgan fingerprint density at radius 2 is 1.61 bits per heavy atom. The van der Waals surface area contributed by atoms with Gasteiger partial charge in [-0.1, -0.05) is 20.8 Å². The van der Waals surface area contributed by atoms with Gasteiger partial charge in [-0.2, -0.15) is 0 Å². The molecule has 2 fully saturated rings. The average molecular weight is 317 g/mol. The number of aliphatic hydroxyl groups is 1. The molecule has 128 valence electrons. The predicted molar refractivity (Wildman–Crippen MR) is 94.7 cm³/mol. The summed E-state index contributed by atoms with van der Waals surface area (Å²) in [7, 11) is 0. The topological polar surface area (TPSA) is 39.6 Å². The van der Waals surface area contributed by atoms with Gasteiger partial charge in [0.2, 0.25) is 0 Å². The second kappa shape index (κ2) is 6.40. The molecule has 0 radical (unpaired) electrons. The maximum Gasteiger partial charge on any atom is 0.0697 e. The van der Waals surface area contributed by atoms with E-state index in [0.717, 1.165) is 51.9 Å². The number of aromatic nitrogens is 1. The second-order valence-electron chi connectivity index (χ2n) is 8.24. The van der Waals surface area contributed by atoms with Crippen molar-refractivity contribution in [1.82, 2.24) is 9.88 Å². The van der Waals surface area contributed by atoms with Crippen LogP contribution in [0.15, 0.2) is 24.5 Å². The third-order valence-corrected chi connectivity index (χ3v) is 6.04. The summed E-state index contributed by atoms with van der Waals surface area (Å²) in [6, 6.07) is 4.84. The average Bonchev–Trinajstić information content (AvgIpc) is 2.56. The lowest BCUT2D eigenvalue weighted by molar-refractivity contribution is -0.0975. The third kappa shape index (κ3) is 3.53. The highest BCUT2D eigenvalue weighted by molar-refractivity contribution is 5.44. The zero-order valence-corrected chi connectivity index (χ0v) is 14.8. The molecule has 3 rings (SSSR count). The highest BCUT2D eigenvalue weighted by Gasteiger charge is 2.43. The van der Waals surface area contributed by atoms with Crippen molar-refractivity contribution in [2.75, 3.05) is 31.1 Å². The van der Waals surface area contributed by atoms with E-state index >= 15 is 0 Å². The van der Waals surface area contributed by atoms with Gasteiger partial charge in [-0.25, -0.2) is 0 Å². The quantitative estimate of drug-likeness (QED) is 0.910. The molecule has 2 aliphatic rings. The van der Waals surface area contributed by atoms with Crippen molar-refractivity contribution in [2.24, 2.45) is 5.41 Å². The molecule has 1 aliphatic heterocycles. The standard InChI is InChI=1S/C19H31N3O/c1-18(2,3)19(23)8-4-16(5-9-19)21-12-14-22(15-13-21)17-6-10-20-11-7-17/h6-7,10-11,16,23H,4-5,8-9,12-15H2,1-3H3. The number of nitrogens with zero attached hydrogens (tertiary/aromatic N) is 3. The van der Waals surface area contributed by atoms with Crippen LogP contribution in [0.3, 0.4) is 0 Å². The first kappa shape index (κ1) is 16.7. The molecule has 0 amide bonds. The van der Waals surface area contributed by atoms with Gasteiger partial charge in [0.05, 0.1) is 5.60 Å². The number of hydrogen-bond donors (Lipinski definition) is 1. The summed E-state index contributed by atoms with van der Waals surface area (Å²) in [6.45, 7) is 10.9. The van der Waals surface area contributed by atoms with Crippen molar-refractivity contribution >= 4 is 5.69 Å². The van der Waals surface area contributed by atoms with Crippen LogP contribution >= 0.6 is 0 Å². The summed E-state index contributed by atoms with van der Waals surface area (Å²) >= 11 is 0. The van der Waals surface area contributed by atoms with Gasteiger partial charge in [0.15, 0.2) is 0 Å². The molecule has 0 bridgehead atoms. The van der Waals surface area contributed by atoms with E-state index in [9.17, 15) is 5.11 Å². The van der Waals surface area contributed by atoms with Crippen LogP contribution in [-0.2, 0) is 0 Å². The monoisotopic (exact) mass is 317 g/mol. The molecule has 2 heterocycles. The Morgan fingerprint density at radius 1 is 1.04 bits per heavy atom. The highest BCUT2D eigenvalue weighted by Crippen LogP contribution is 2.42. The molecule has 1 aliphatic carbocycles. The summed E-state index contributed by atoms with van der Waals surface area (Å²) in [6.07, 6.45) is 7.87. The smallest absolute Gasteiger partial charge is 0.0697 e.